The molecule has 0 saturated heterocycles. The summed E-state index contributed by atoms with van der Waals surface area (Å²) in [7, 11) is 0. The largest absolute Gasteiger partial charge is 0.461 e. The van der Waals surface area contributed by atoms with Gasteiger partial charge in [-0.3, -0.25) is 9.59 Å². The Hall–Kier alpha value is -2.92. The SMILES string of the molecule is Cc1cc2oc(=O)cc(COC(=O)CCC(=O)c3ccc4c(c3)CCC4)c2cc1Cl. The molecule has 4 rings (SSSR count). The van der Waals surface area contributed by atoms with Gasteiger partial charge >= 0.3 is 11.6 Å². The fourth-order valence-electron chi connectivity index (χ4n) is 3.80. The smallest absolute Gasteiger partial charge is 0.336 e. The summed E-state index contributed by atoms with van der Waals surface area (Å²) in [6.45, 7) is 1.72. The molecule has 2 aromatic carbocycles. The summed E-state index contributed by atoms with van der Waals surface area (Å²) in [6.07, 6.45) is 3.25. The zero-order chi connectivity index (χ0) is 21.3. The van der Waals surface area contributed by atoms with Crippen molar-refractivity contribution >= 4 is 34.3 Å². The highest BCUT2D eigenvalue weighted by molar-refractivity contribution is 6.32. The molecule has 6 heteroatoms. The van der Waals surface area contributed by atoms with Crippen LogP contribution in [0.25, 0.3) is 11.0 Å². The quantitative estimate of drug-likeness (QED) is 0.318. The Morgan fingerprint density at radius 2 is 1.87 bits per heavy atom. The van der Waals surface area contributed by atoms with Crippen molar-refractivity contribution in [2.45, 2.75) is 45.6 Å². The minimum atomic E-state index is -0.526. The molecule has 0 spiro atoms. The minimum absolute atomic E-state index is 0.0187. The van der Waals surface area contributed by atoms with Crippen LogP contribution in [0.2, 0.25) is 5.02 Å². The molecule has 154 valence electrons. The summed E-state index contributed by atoms with van der Waals surface area (Å²) >= 11 is 6.18. The average Bonchev–Trinajstić information content (AvgIpc) is 3.19. The van der Waals surface area contributed by atoms with E-state index in [9.17, 15) is 14.4 Å². The van der Waals surface area contributed by atoms with Crippen LogP contribution in [0.1, 0.15) is 51.9 Å². The summed E-state index contributed by atoms with van der Waals surface area (Å²) in [5.74, 6) is -0.571. The predicted molar refractivity (Wildman–Crippen MR) is 114 cm³/mol. The van der Waals surface area contributed by atoms with Crippen LogP contribution in [0.5, 0.6) is 0 Å². The van der Waals surface area contributed by atoms with Crippen molar-refractivity contribution in [3.05, 3.63) is 79.7 Å². The molecule has 0 saturated carbocycles. The van der Waals surface area contributed by atoms with Crippen molar-refractivity contribution in [2.75, 3.05) is 0 Å². The molecule has 1 aliphatic carbocycles. The Labute approximate surface area is 178 Å². The molecular formula is C24H21ClO5. The fraction of sp³-hybridized carbons (Fsp3) is 0.292. The summed E-state index contributed by atoms with van der Waals surface area (Å²) in [6, 6.07) is 10.4. The van der Waals surface area contributed by atoms with E-state index in [1.54, 1.807) is 12.1 Å². The number of carbonyl (C=O) groups excluding carboxylic acids is 2. The first-order chi connectivity index (χ1) is 14.4. The number of ketones is 1. The number of ether oxygens (including phenoxy) is 1. The molecule has 0 fully saturated rings. The molecular weight excluding hydrogens is 404 g/mol. The number of hydrogen-bond donors (Lipinski definition) is 0. The maximum atomic E-state index is 12.4. The zero-order valence-corrected chi connectivity index (χ0v) is 17.4. The molecule has 0 N–H and O–H groups in total. The first-order valence-electron chi connectivity index (χ1n) is 9.94. The Bertz CT molecular complexity index is 1210. The Balaban J connectivity index is 1.39. The Morgan fingerprint density at radius 1 is 1.07 bits per heavy atom. The lowest BCUT2D eigenvalue weighted by atomic mass is 10.0. The maximum absolute atomic E-state index is 12.4. The van der Waals surface area contributed by atoms with E-state index < -0.39 is 11.6 Å². The van der Waals surface area contributed by atoms with Crippen molar-refractivity contribution < 1.29 is 18.7 Å². The van der Waals surface area contributed by atoms with Crippen LogP contribution >= 0.6 is 11.6 Å². The highest BCUT2D eigenvalue weighted by Crippen LogP contribution is 2.26. The van der Waals surface area contributed by atoms with Crippen molar-refractivity contribution in [1.82, 2.24) is 0 Å². The van der Waals surface area contributed by atoms with Crippen molar-refractivity contribution in [1.29, 1.82) is 0 Å². The van der Waals surface area contributed by atoms with E-state index in [-0.39, 0.29) is 25.2 Å². The second-order valence-electron chi connectivity index (χ2n) is 7.61. The van der Waals surface area contributed by atoms with E-state index in [1.807, 2.05) is 25.1 Å². The molecule has 0 aliphatic heterocycles. The van der Waals surface area contributed by atoms with Crippen LogP contribution in [0.4, 0.5) is 0 Å². The molecule has 30 heavy (non-hydrogen) atoms. The van der Waals surface area contributed by atoms with Gasteiger partial charge in [0.1, 0.15) is 12.2 Å². The summed E-state index contributed by atoms with van der Waals surface area (Å²) in [5.41, 5.74) is 4.34. The van der Waals surface area contributed by atoms with Crippen LogP contribution in [0.3, 0.4) is 0 Å². The molecule has 0 bridgehead atoms. The van der Waals surface area contributed by atoms with Gasteiger partial charge in [0.05, 0.1) is 6.42 Å². The third-order valence-corrected chi connectivity index (χ3v) is 5.88. The molecule has 1 aromatic heterocycles. The van der Waals surface area contributed by atoms with E-state index in [0.717, 1.165) is 24.8 Å². The fourth-order valence-corrected chi connectivity index (χ4v) is 3.97. The average molecular weight is 425 g/mol. The van der Waals surface area contributed by atoms with Gasteiger partial charge in [-0.15, -0.1) is 0 Å². The zero-order valence-electron chi connectivity index (χ0n) is 16.6. The third-order valence-electron chi connectivity index (χ3n) is 5.47. The molecule has 3 aromatic rings. The summed E-state index contributed by atoms with van der Waals surface area (Å²) in [4.78, 5) is 36.4. The van der Waals surface area contributed by atoms with Gasteiger partial charge in [0.25, 0.3) is 0 Å². The normalized spacial score (nSPS) is 12.7. The molecule has 0 unspecified atom stereocenters. The van der Waals surface area contributed by atoms with Gasteiger partial charge in [-0.05, 0) is 61.1 Å². The van der Waals surface area contributed by atoms with E-state index >= 15 is 0 Å². The number of carbonyl (C=O) groups is 2. The van der Waals surface area contributed by atoms with Gasteiger partial charge in [0, 0.05) is 34.0 Å². The number of hydrogen-bond acceptors (Lipinski definition) is 5. The second kappa shape index (κ2) is 8.44. The standard InChI is InChI=1S/C24H21ClO5/c1-14-9-22-19(12-20(14)25)18(11-24(28)30-22)13-29-23(27)8-7-21(26)17-6-5-15-3-2-4-16(15)10-17/h5-6,9-12H,2-4,7-8,13H2,1H3. The van der Waals surface area contributed by atoms with Crippen LogP contribution in [0, 0.1) is 6.92 Å². The van der Waals surface area contributed by atoms with Crippen LogP contribution in [-0.2, 0) is 29.0 Å². The number of halogens is 1. The van der Waals surface area contributed by atoms with Crippen molar-refractivity contribution in [3.8, 4) is 0 Å². The third kappa shape index (κ3) is 4.31. The number of Topliss-reactive ketones (excluding diaryl/α,β-unsaturated/α-hetero) is 1. The molecule has 0 amide bonds. The van der Waals surface area contributed by atoms with Gasteiger partial charge < -0.3 is 9.15 Å². The maximum Gasteiger partial charge on any atom is 0.336 e. The van der Waals surface area contributed by atoms with E-state index in [4.69, 9.17) is 20.8 Å². The van der Waals surface area contributed by atoms with Gasteiger partial charge in [-0.2, -0.15) is 0 Å². The first kappa shape index (κ1) is 20.4. The molecule has 1 heterocycles. The highest BCUT2D eigenvalue weighted by atomic mass is 35.5. The van der Waals surface area contributed by atoms with Gasteiger partial charge in [0.2, 0.25) is 0 Å². The molecule has 1 aliphatic rings. The number of rotatable bonds is 6. The van der Waals surface area contributed by atoms with E-state index in [2.05, 4.69) is 0 Å². The van der Waals surface area contributed by atoms with Crippen molar-refractivity contribution in [2.24, 2.45) is 0 Å². The summed E-state index contributed by atoms with van der Waals surface area (Å²) in [5, 5.41) is 1.15. The Morgan fingerprint density at radius 3 is 2.70 bits per heavy atom. The van der Waals surface area contributed by atoms with Crippen molar-refractivity contribution in [3.63, 3.8) is 0 Å². The van der Waals surface area contributed by atoms with Gasteiger partial charge in [0.15, 0.2) is 5.78 Å². The monoisotopic (exact) mass is 424 g/mol. The van der Waals surface area contributed by atoms with Crippen LogP contribution in [0.15, 0.2) is 45.6 Å². The van der Waals surface area contributed by atoms with E-state index in [0.29, 0.717) is 27.1 Å². The number of benzene rings is 2. The lowest BCUT2D eigenvalue weighted by Crippen LogP contribution is -2.10. The van der Waals surface area contributed by atoms with Crippen LogP contribution < -0.4 is 5.63 Å². The molecule has 5 nitrogen and oxygen atoms in total. The number of aryl methyl sites for hydroxylation is 3. The second-order valence-corrected chi connectivity index (χ2v) is 8.02. The molecule has 0 atom stereocenters. The summed E-state index contributed by atoms with van der Waals surface area (Å²) < 4.78 is 10.5. The van der Waals surface area contributed by atoms with E-state index in [1.165, 1.54) is 17.2 Å². The number of fused-ring (bicyclic) bond motifs is 2. The molecule has 0 radical (unpaired) electrons. The first-order valence-corrected chi connectivity index (χ1v) is 10.3. The minimum Gasteiger partial charge on any atom is -0.461 e. The number of esters is 1. The topological polar surface area (TPSA) is 73.6 Å². The lowest BCUT2D eigenvalue weighted by Gasteiger charge is -2.09. The highest BCUT2D eigenvalue weighted by Gasteiger charge is 2.16. The van der Waals surface area contributed by atoms with Gasteiger partial charge in [-0.25, -0.2) is 4.79 Å². The van der Waals surface area contributed by atoms with Gasteiger partial charge in [-0.1, -0.05) is 23.7 Å². The lowest BCUT2D eigenvalue weighted by molar-refractivity contribution is -0.144. The predicted octanol–water partition coefficient (Wildman–Crippen LogP) is 4.95. The van der Waals surface area contributed by atoms with Crippen LogP contribution in [-0.4, -0.2) is 11.8 Å². The Kier molecular flexibility index (Phi) is 5.73.